The van der Waals surface area contributed by atoms with Crippen molar-refractivity contribution in [3.8, 4) is 0 Å². The van der Waals surface area contributed by atoms with Crippen molar-refractivity contribution >= 4 is 17.7 Å². The summed E-state index contributed by atoms with van der Waals surface area (Å²) in [6, 6.07) is -0.719. The molecular weight excluding hydrogens is 234 g/mol. The van der Waals surface area contributed by atoms with Gasteiger partial charge in [-0.1, -0.05) is 20.8 Å². The van der Waals surface area contributed by atoms with Crippen molar-refractivity contribution in [2.75, 3.05) is 0 Å². The lowest BCUT2D eigenvalue weighted by Gasteiger charge is -2.40. The van der Waals surface area contributed by atoms with Gasteiger partial charge in [-0.05, 0) is 25.2 Å². The Kier molecular flexibility index (Phi) is 3.69. The number of carbonyl (C=O) groups excluding carboxylic acids is 1. The molecule has 1 aliphatic rings. The largest absolute Gasteiger partial charge is 0.481 e. The van der Waals surface area contributed by atoms with Crippen LogP contribution in [0, 0.1) is 16.7 Å². The Hall–Kier alpha value is -1.59. The minimum absolute atomic E-state index is 0.363. The number of carbonyl (C=O) groups is 2. The van der Waals surface area contributed by atoms with E-state index >= 15 is 0 Å². The zero-order valence-electron chi connectivity index (χ0n) is 11.3. The van der Waals surface area contributed by atoms with Gasteiger partial charge in [0.15, 0.2) is 0 Å². The lowest BCUT2D eigenvalue weighted by Crippen LogP contribution is -2.42. The number of nitrogens with one attached hydrogen (secondary N) is 1. The molecule has 1 saturated carbocycles. The second-order valence-corrected chi connectivity index (χ2v) is 5.66. The van der Waals surface area contributed by atoms with Gasteiger partial charge in [0.2, 0.25) is 0 Å². The molecule has 0 aromatic carbocycles. The molecule has 1 fully saturated rings. The van der Waals surface area contributed by atoms with Crippen LogP contribution in [0.4, 0.5) is 4.79 Å². The summed E-state index contributed by atoms with van der Waals surface area (Å²) in [7, 11) is 0. The van der Waals surface area contributed by atoms with Crippen molar-refractivity contribution in [3.05, 3.63) is 0 Å². The van der Waals surface area contributed by atoms with Gasteiger partial charge in [0, 0.05) is 11.1 Å². The molecule has 18 heavy (non-hydrogen) atoms. The molecule has 6 heteroatoms. The van der Waals surface area contributed by atoms with Crippen molar-refractivity contribution in [2.24, 2.45) is 27.6 Å². The van der Waals surface area contributed by atoms with E-state index in [1.807, 2.05) is 20.8 Å². The summed E-state index contributed by atoms with van der Waals surface area (Å²) in [4.78, 5) is 21.9. The first-order valence-electron chi connectivity index (χ1n) is 5.96. The molecule has 0 aliphatic heterocycles. The number of carboxylic acid groups (broad SMARTS) is 1. The Morgan fingerprint density at radius 2 is 1.94 bits per heavy atom. The van der Waals surface area contributed by atoms with E-state index in [0.29, 0.717) is 12.1 Å². The molecule has 102 valence electrons. The fourth-order valence-corrected chi connectivity index (χ4v) is 2.84. The number of amides is 2. The third kappa shape index (κ3) is 2.19. The number of hydrazone groups is 1. The van der Waals surface area contributed by atoms with Crippen LogP contribution in [0.3, 0.4) is 0 Å². The van der Waals surface area contributed by atoms with E-state index < -0.39 is 23.3 Å². The lowest BCUT2D eigenvalue weighted by atomic mass is 9.63. The van der Waals surface area contributed by atoms with Crippen LogP contribution in [0.25, 0.3) is 0 Å². The quantitative estimate of drug-likeness (QED) is 0.526. The second kappa shape index (κ2) is 4.59. The zero-order chi connectivity index (χ0) is 14.1. The smallest absolute Gasteiger partial charge is 0.332 e. The maximum atomic E-state index is 11.3. The van der Waals surface area contributed by atoms with Gasteiger partial charge in [0.25, 0.3) is 0 Å². The predicted octanol–water partition coefficient (Wildman–Crippen LogP) is 1.56. The summed E-state index contributed by atoms with van der Waals surface area (Å²) < 4.78 is 0. The fraction of sp³-hybridized carbons (Fsp3) is 0.750. The van der Waals surface area contributed by atoms with Gasteiger partial charge >= 0.3 is 12.0 Å². The first-order valence-corrected chi connectivity index (χ1v) is 5.96. The highest BCUT2D eigenvalue weighted by atomic mass is 16.4. The maximum absolute atomic E-state index is 11.3. The predicted molar refractivity (Wildman–Crippen MR) is 68.1 cm³/mol. The van der Waals surface area contributed by atoms with Crippen molar-refractivity contribution < 1.29 is 14.7 Å². The first kappa shape index (κ1) is 14.5. The average molecular weight is 255 g/mol. The molecule has 0 saturated heterocycles. The molecule has 2 amide bonds. The van der Waals surface area contributed by atoms with Crippen molar-refractivity contribution in [1.82, 2.24) is 5.43 Å². The molecule has 0 heterocycles. The number of nitrogens with two attached hydrogens (primary N) is 1. The molecule has 0 bridgehead atoms. The van der Waals surface area contributed by atoms with Crippen LogP contribution in [-0.4, -0.2) is 22.8 Å². The van der Waals surface area contributed by atoms with Crippen molar-refractivity contribution in [1.29, 1.82) is 0 Å². The van der Waals surface area contributed by atoms with E-state index in [2.05, 4.69) is 10.5 Å². The summed E-state index contributed by atoms with van der Waals surface area (Å²) in [6.07, 6.45) is 1.34. The topological polar surface area (TPSA) is 105 Å². The highest BCUT2D eigenvalue weighted by molar-refractivity contribution is 5.91. The third-order valence-electron chi connectivity index (χ3n) is 4.66. The molecule has 1 aliphatic carbocycles. The molecule has 0 aromatic rings. The molecule has 4 N–H and O–H groups in total. The molecule has 0 aromatic heterocycles. The maximum Gasteiger partial charge on any atom is 0.332 e. The van der Waals surface area contributed by atoms with Crippen LogP contribution in [0.5, 0.6) is 0 Å². The van der Waals surface area contributed by atoms with Crippen LogP contribution in [0.1, 0.15) is 40.5 Å². The fourth-order valence-electron chi connectivity index (χ4n) is 2.84. The molecule has 0 radical (unpaired) electrons. The number of aliphatic carboxylic acids is 1. The number of hydrogen-bond acceptors (Lipinski definition) is 3. The number of urea groups is 1. The van der Waals surface area contributed by atoms with E-state index in [1.54, 1.807) is 6.92 Å². The monoisotopic (exact) mass is 255 g/mol. The van der Waals surface area contributed by atoms with E-state index in [-0.39, 0.29) is 5.41 Å². The molecule has 0 spiro atoms. The van der Waals surface area contributed by atoms with Crippen molar-refractivity contribution in [2.45, 2.75) is 40.5 Å². The van der Waals surface area contributed by atoms with Crippen LogP contribution in [-0.2, 0) is 4.79 Å². The number of hydrogen-bond donors (Lipinski definition) is 3. The van der Waals surface area contributed by atoms with Crippen LogP contribution in [0.15, 0.2) is 5.10 Å². The Morgan fingerprint density at radius 1 is 1.39 bits per heavy atom. The van der Waals surface area contributed by atoms with Crippen LogP contribution >= 0.6 is 0 Å². The molecular formula is C12H21N3O3. The van der Waals surface area contributed by atoms with Crippen LogP contribution in [0.2, 0.25) is 0 Å². The van der Waals surface area contributed by atoms with E-state index in [1.165, 1.54) is 0 Å². The number of rotatable bonds is 3. The Labute approximate surface area is 107 Å². The van der Waals surface area contributed by atoms with E-state index in [4.69, 9.17) is 5.73 Å². The summed E-state index contributed by atoms with van der Waals surface area (Å²) in [6.45, 7) is 7.64. The van der Waals surface area contributed by atoms with E-state index in [9.17, 15) is 14.7 Å². The minimum Gasteiger partial charge on any atom is -0.481 e. The average Bonchev–Trinajstić information content (AvgIpc) is 2.47. The summed E-state index contributed by atoms with van der Waals surface area (Å²) in [5.74, 6) is -1.18. The lowest BCUT2D eigenvalue weighted by molar-refractivity contribution is -0.145. The van der Waals surface area contributed by atoms with Gasteiger partial charge in [0.1, 0.15) is 0 Å². The summed E-state index contributed by atoms with van der Waals surface area (Å²) in [5, 5.41) is 13.2. The zero-order valence-corrected chi connectivity index (χ0v) is 11.3. The number of primary amides is 1. The second-order valence-electron chi connectivity index (χ2n) is 5.66. The van der Waals surface area contributed by atoms with Gasteiger partial charge in [0.05, 0.1) is 5.92 Å². The molecule has 0 unspecified atom stereocenters. The standard InChI is InChI=1S/C12H21N3O3/c1-7(14-15-10(13)18)12(4)6-5-8(9(16)17)11(12,2)3/h8H,5-6H2,1-4H3,(H,16,17)(H3,13,15,18)/t8-,12+/m0/s1. The SMILES string of the molecule is CC(=NNC(N)=O)[C@@]1(C)CC[C@@H](C(=O)O)C1(C)C. The van der Waals surface area contributed by atoms with Crippen LogP contribution < -0.4 is 11.2 Å². The van der Waals surface area contributed by atoms with Gasteiger partial charge in [-0.25, -0.2) is 10.2 Å². The summed E-state index contributed by atoms with van der Waals surface area (Å²) in [5.41, 5.74) is 7.10. The first-order chi connectivity index (χ1) is 8.13. The highest BCUT2D eigenvalue weighted by Gasteiger charge is 2.55. The molecule has 1 rings (SSSR count). The Balaban J connectivity index is 3.04. The van der Waals surface area contributed by atoms with Gasteiger partial charge in [-0.15, -0.1) is 0 Å². The molecule has 6 nitrogen and oxygen atoms in total. The Bertz CT molecular complexity index is 403. The number of carboxylic acids is 1. The van der Waals surface area contributed by atoms with Gasteiger partial charge in [-0.3, -0.25) is 4.79 Å². The number of nitrogens with zero attached hydrogens (tertiary/aromatic N) is 1. The van der Waals surface area contributed by atoms with Gasteiger partial charge in [-0.2, -0.15) is 5.10 Å². The normalized spacial score (nSPS) is 31.1. The molecule has 2 atom stereocenters. The van der Waals surface area contributed by atoms with Crippen molar-refractivity contribution in [3.63, 3.8) is 0 Å². The highest BCUT2D eigenvalue weighted by Crippen LogP contribution is 2.56. The summed E-state index contributed by atoms with van der Waals surface area (Å²) >= 11 is 0. The Morgan fingerprint density at radius 3 is 2.33 bits per heavy atom. The third-order valence-corrected chi connectivity index (χ3v) is 4.66. The van der Waals surface area contributed by atoms with Gasteiger partial charge < -0.3 is 10.8 Å². The minimum atomic E-state index is -0.778. The van der Waals surface area contributed by atoms with E-state index in [0.717, 1.165) is 6.42 Å².